The second-order valence-corrected chi connectivity index (χ2v) is 4.66. The van der Waals surface area contributed by atoms with E-state index in [1.54, 1.807) is 24.3 Å². The molecule has 4 N–H and O–H groups in total. The lowest BCUT2D eigenvalue weighted by atomic mass is 9.85. The molecule has 0 bridgehead atoms. The minimum atomic E-state index is 0.0209. The molecule has 1 aliphatic carbocycles. The van der Waals surface area contributed by atoms with E-state index in [2.05, 4.69) is 5.32 Å². The second kappa shape index (κ2) is 5.19. The molecule has 4 heteroatoms. The van der Waals surface area contributed by atoms with E-state index in [0.717, 1.165) is 25.7 Å². The van der Waals surface area contributed by atoms with E-state index >= 15 is 0 Å². The van der Waals surface area contributed by atoms with Gasteiger partial charge in [-0.2, -0.15) is 0 Å². The van der Waals surface area contributed by atoms with Crippen LogP contribution in [0.25, 0.3) is 0 Å². The third kappa shape index (κ3) is 3.20. The number of benzene rings is 1. The summed E-state index contributed by atoms with van der Waals surface area (Å²) in [6, 6.07) is 6.65. The number of carbonyl (C=O) groups is 1. The van der Waals surface area contributed by atoms with Crippen LogP contribution in [0.4, 0.5) is 5.69 Å². The molecule has 0 heterocycles. The highest BCUT2D eigenvalue weighted by Gasteiger charge is 2.25. The van der Waals surface area contributed by atoms with Crippen molar-refractivity contribution in [3.8, 4) is 5.75 Å². The van der Waals surface area contributed by atoms with E-state index < -0.39 is 0 Å². The van der Waals surface area contributed by atoms with Gasteiger partial charge in [-0.3, -0.25) is 4.79 Å². The van der Waals surface area contributed by atoms with E-state index in [9.17, 15) is 4.79 Å². The Morgan fingerprint density at radius 3 is 2.65 bits per heavy atom. The molecule has 1 aliphatic rings. The van der Waals surface area contributed by atoms with Gasteiger partial charge in [0.2, 0.25) is 5.91 Å². The van der Waals surface area contributed by atoms with Crippen LogP contribution in [-0.2, 0) is 4.79 Å². The molecule has 2 unspecified atom stereocenters. The number of nitrogens with one attached hydrogen (secondary N) is 1. The molecule has 92 valence electrons. The minimum absolute atomic E-state index is 0.0209. The minimum Gasteiger partial charge on any atom is -0.508 e. The third-order valence-corrected chi connectivity index (χ3v) is 3.22. The molecule has 1 aromatic rings. The van der Waals surface area contributed by atoms with Crippen molar-refractivity contribution in [3.63, 3.8) is 0 Å². The molecule has 2 rings (SSSR count). The van der Waals surface area contributed by atoms with Gasteiger partial charge in [-0.1, -0.05) is 6.42 Å². The van der Waals surface area contributed by atoms with Crippen molar-refractivity contribution in [1.82, 2.24) is 0 Å². The fourth-order valence-corrected chi connectivity index (χ4v) is 2.25. The molecule has 0 aromatic heterocycles. The second-order valence-electron chi connectivity index (χ2n) is 4.66. The molecule has 1 fully saturated rings. The summed E-state index contributed by atoms with van der Waals surface area (Å²) in [4.78, 5) is 12.0. The average molecular weight is 234 g/mol. The highest BCUT2D eigenvalue weighted by atomic mass is 16.3. The lowest BCUT2D eigenvalue weighted by molar-refractivity contribution is -0.120. The van der Waals surface area contributed by atoms with Gasteiger partial charge in [0.15, 0.2) is 0 Å². The van der Waals surface area contributed by atoms with Crippen LogP contribution in [0.3, 0.4) is 0 Å². The topological polar surface area (TPSA) is 75.4 Å². The Bertz CT molecular complexity index is 389. The SMILES string of the molecule is NC1CCCC(C(=O)Nc2ccc(O)cc2)C1. The van der Waals surface area contributed by atoms with Gasteiger partial charge in [-0.25, -0.2) is 0 Å². The van der Waals surface area contributed by atoms with Gasteiger partial charge in [-0.15, -0.1) is 0 Å². The first kappa shape index (κ1) is 11.9. The summed E-state index contributed by atoms with van der Waals surface area (Å²) in [5, 5.41) is 12.0. The van der Waals surface area contributed by atoms with Gasteiger partial charge in [0, 0.05) is 17.6 Å². The summed E-state index contributed by atoms with van der Waals surface area (Å²) in [6.07, 6.45) is 3.72. The van der Waals surface area contributed by atoms with E-state index in [1.807, 2.05) is 0 Å². The van der Waals surface area contributed by atoms with Gasteiger partial charge in [0.05, 0.1) is 0 Å². The highest BCUT2D eigenvalue weighted by molar-refractivity contribution is 5.92. The zero-order valence-electron chi connectivity index (χ0n) is 9.73. The maximum absolute atomic E-state index is 12.0. The first-order valence-electron chi connectivity index (χ1n) is 6.00. The Labute approximate surface area is 101 Å². The van der Waals surface area contributed by atoms with E-state index in [1.165, 1.54) is 0 Å². The molecule has 0 aliphatic heterocycles. The Morgan fingerprint density at radius 2 is 2.00 bits per heavy atom. The Balaban J connectivity index is 1.94. The first-order chi connectivity index (χ1) is 8.15. The number of phenols is 1. The maximum Gasteiger partial charge on any atom is 0.227 e. The lowest BCUT2D eigenvalue weighted by Gasteiger charge is -2.25. The molecule has 0 radical (unpaired) electrons. The van der Waals surface area contributed by atoms with Crippen LogP contribution in [0.5, 0.6) is 5.75 Å². The standard InChI is InChI=1S/C13H18N2O2/c14-10-3-1-2-9(8-10)13(17)15-11-4-6-12(16)7-5-11/h4-7,9-10,16H,1-3,8,14H2,(H,15,17). The van der Waals surface area contributed by atoms with Crippen LogP contribution in [0.2, 0.25) is 0 Å². The molecule has 1 aromatic carbocycles. The molecular formula is C13H18N2O2. The summed E-state index contributed by atoms with van der Waals surface area (Å²) in [7, 11) is 0. The molecule has 0 saturated heterocycles. The van der Waals surface area contributed by atoms with Crippen molar-refractivity contribution in [2.75, 3.05) is 5.32 Å². The molecule has 0 spiro atoms. The zero-order valence-corrected chi connectivity index (χ0v) is 9.73. The summed E-state index contributed by atoms with van der Waals surface area (Å²) in [5.74, 6) is 0.251. The Hall–Kier alpha value is -1.55. The van der Waals surface area contributed by atoms with Crippen LogP contribution in [0.1, 0.15) is 25.7 Å². The van der Waals surface area contributed by atoms with Crippen molar-refractivity contribution < 1.29 is 9.90 Å². The fourth-order valence-electron chi connectivity index (χ4n) is 2.25. The van der Waals surface area contributed by atoms with Gasteiger partial charge >= 0.3 is 0 Å². The van der Waals surface area contributed by atoms with Crippen molar-refractivity contribution in [3.05, 3.63) is 24.3 Å². The van der Waals surface area contributed by atoms with Gasteiger partial charge < -0.3 is 16.2 Å². The number of hydrogen-bond donors (Lipinski definition) is 3. The summed E-state index contributed by atoms with van der Waals surface area (Å²) in [6.45, 7) is 0. The molecule has 17 heavy (non-hydrogen) atoms. The van der Waals surface area contributed by atoms with Gasteiger partial charge in [-0.05, 0) is 43.5 Å². The summed E-state index contributed by atoms with van der Waals surface area (Å²) >= 11 is 0. The zero-order chi connectivity index (χ0) is 12.3. The average Bonchev–Trinajstić information content (AvgIpc) is 2.32. The number of rotatable bonds is 2. The third-order valence-electron chi connectivity index (χ3n) is 3.22. The lowest BCUT2D eigenvalue weighted by Crippen LogP contribution is -2.34. The smallest absolute Gasteiger partial charge is 0.227 e. The van der Waals surface area contributed by atoms with E-state index in [-0.39, 0.29) is 23.6 Å². The summed E-state index contributed by atoms with van der Waals surface area (Å²) in [5.41, 5.74) is 6.58. The molecule has 4 nitrogen and oxygen atoms in total. The maximum atomic E-state index is 12.0. The van der Waals surface area contributed by atoms with Gasteiger partial charge in [0.25, 0.3) is 0 Å². The summed E-state index contributed by atoms with van der Waals surface area (Å²) < 4.78 is 0. The molecule has 2 atom stereocenters. The molecule has 1 amide bonds. The number of hydrogen-bond acceptors (Lipinski definition) is 3. The van der Waals surface area contributed by atoms with Crippen LogP contribution < -0.4 is 11.1 Å². The normalized spacial score (nSPS) is 24.3. The number of nitrogens with two attached hydrogens (primary N) is 1. The first-order valence-corrected chi connectivity index (χ1v) is 6.00. The van der Waals surface area contributed by atoms with E-state index in [4.69, 9.17) is 10.8 Å². The van der Waals surface area contributed by atoms with Crippen LogP contribution >= 0.6 is 0 Å². The Kier molecular flexibility index (Phi) is 3.64. The predicted octanol–water partition coefficient (Wildman–Crippen LogP) is 1.85. The molecular weight excluding hydrogens is 216 g/mol. The van der Waals surface area contributed by atoms with Crippen molar-refractivity contribution in [2.24, 2.45) is 11.7 Å². The van der Waals surface area contributed by atoms with E-state index in [0.29, 0.717) is 5.69 Å². The largest absolute Gasteiger partial charge is 0.508 e. The van der Waals surface area contributed by atoms with Crippen LogP contribution in [-0.4, -0.2) is 17.1 Å². The number of phenolic OH excluding ortho intramolecular Hbond substituents is 1. The molecule has 1 saturated carbocycles. The Morgan fingerprint density at radius 1 is 1.29 bits per heavy atom. The fraction of sp³-hybridized carbons (Fsp3) is 0.462. The highest BCUT2D eigenvalue weighted by Crippen LogP contribution is 2.24. The number of anilines is 1. The van der Waals surface area contributed by atoms with Crippen LogP contribution in [0, 0.1) is 5.92 Å². The van der Waals surface area contributed by atoms with Crippen LogP contribution in [0.15, 0.2) is 24.3 Å². The number of aromatic hydroxyl groups is 1. The van der Waals surface area contributed by atoms with Gasteiger partial charge in [0.1, 0.15) is 5.75 Å². The predicted molar refractivity (Wildman–Crippen MR) is 66.7 cm³/mol. The quantitative estimate of drug-likeness (QED) is 0.683. The van der Waals surface area contributed by atoms with Crippen molar-refractivity contribution in [2.45, 2.75) is 31.7 Å². The monoisotopic (exact) mass is 234 g/mol. The number of amides is 1. The van der Waals surface area contributed by atoms with Crippen molar-refractivity contribution >= 4 is 11.6 Å². The number of carbonyl (C=O) groups excluding carboxylic acids is 1. The van der Waals surface area contributed by atoms with Crippen molar-refractivity contribution in [1.29, 1.82) is 0 Å².